The Kier molecular flexibility index (Phi) is 7.79. The third-order valence-electron chi connectivity index (χ3n) is 3.32. The molecular weight excluding hydrogens is 383 g/mol. The summed E-state index contributed by atoms with van der Waals surface area (Å²) in [5.41, 5.74) is 0. The number of guanidine groups is 1. The first-order valence-electron chi connectivity index (χ1n) is 7.21. The smallest absolute Gasteiger partial charge is 0.191 e. The second-order valence-electron chi connectivity index (χ2n) is 5.05. The first-order valence-corrected chi connectivity index (χ1v) is 8.03. The molecule has 0 aliphatic heterocycles. The van der Waals surface area contributed by atoms with Gasteiger partial charge in [0.05, 0.1) is 5.01 Å². The van der Waals surface area contributed by atoms with Crippen molar-refractivity contribution in [3.63, 3.8) is 0 Å². The maximum atomic E-state index is 4.62. The van der Waals surface area contributed by atoms with E-state index < -0.39 is 0 Å². The summed E-state index contributed by atoms with van der Waals surface area (Å²) in [5.74, 6) is 1.74. The molecule has 1 aromatic rings. The van der Waals surface area contributed by atoms with E-state index in [4.69, 9.17) is 0 Å². The topological polar surface area (TPSA) is 49.3 Å². The maximum Gasteiger partial charge on any atom is 0.191 e. The second kappa shape index (κ2) is 8.81. The number of aryl methyl sites for hydroxylation is 1. The summed E-state index contributed by atoms with van der Waals surface area (Å²) in [6.45, 7) is 8.24. The van der Waals surface area contributed by atoms with Crippen molar-refractivity contribution >= 4 is 41.3 Å². The Bertz CT molecular complexity index is 433. The van der Waals surface area contributed by atoms with Crippen molar-refractivity contribution in [1.29, 1.82) is 0 Å². The van der Waals surface area contributed by atoms with E-state index in [9.17, 15) is 0 Å². The monoisotopic (exact) mass is 408 g/mol. The zero-order chi connectivity index (χ0) is 13.7. The van der Waals surface area contributed by atoms with Crippen LogP contribution in [0.3, 0.4) is 0 Å². The number of aromatic nitrogens is 1. The van der Waals surface area contributed by atoms with E-state index >= 15 is 0 Å². The normalized spacial score (nSPS) is 21.2. The van der Waals surface area contributed by atoms with Gasteiger partial charge in [-0.2, -0.15) is 0 Å². The van der Waals surface area contributed by atoms with Crippen molar-refractivity contribution < 1.29 is 0 Å². The fourth-order valence-electron chi connectivity index (χ4n) is 1.91. The van der Waals surface area contributed by atoms with Crippen LogP contribution in [-0.2, 0) is 12.8 Å². The van der Waals surface area contributed by atoms with Gasteiger partial charge in [-0.1, -0.05) is 13.8 Å². The lowest BCUT2D eigenvalue weighted by Gasteiger charge is -2.10. The molecule has 4 nitrogen and oxygen atoms in total. The van der Waals surface area contributed by atoms with Gasteiger partial charge in [-0.15, -0.1) is 35.3 Å². The summed E-state index contributed by atoms with van der Waals surface area (Å²) in [6.07, 6.45) is 5.25. The van der Waals surface area contributed by atoms with Crippen molar-refractivity contribution in [3.8, 4) is 0 Å². The summed E-state index contributed by atoms with van der Waals surface area (Å²) in [5, 5.41) is 7.96. The SMILES string of the molecule is CCNC(=NCCc1ncc(CC)s1)NC1CC1C.I. The van der Waals surface area contributed by atoms with E-state index in [-0.39, 0.29) is 24.0 Å². The molecule has 0 amide bonds. The summed E-state index contributed by atoms with van der Waals surface area (Å²) in [7, 11) is 0. The van der Waals surface area contributed by atoms with Crippen LogP contribution in [0, 0.1) is 5.92 Å². The molecule has 0 saturated heterocycles. The molecule has 0 spiro atoms. The molecule has 6 heteroatoms. The number of nitrogens with one attached hydrogen (secondary N) is 2. The van der Waals surface area contributed by atoms with Crippen molar-refractivity contribution in [2.24, 2.45) is 10.9 Å². The molecule has 0 aromatic carbocycles. The van der Waals surface area contributed by atoms with E-state index in [1.807, 2.05) is 6.20 Å². The summed E-state index contributed by atoms with van der Waals surface area (Å²) < 4.78 is 0. The summed E-state index contributed by atoms with van der Waals surface area (Å²) in [6, 6.07) is 0.615. The molecule has 1 aliphatic carbocycles. The number of hydrogen-bond donors (Lipinski definition) is 2. The van der Waals surface area contributed by atoms with Gasteiger partial charge in [-0.25, -0.2) is 4.98 Å². The van der Waals surface area contributed by atoms with Crippen molar-refractivity contribution in [2.75, 3.05) is 13.1 Å². The van der Waals surface area contributed by atoms with Crippen LogP contribution in [0.5, 0.6) is 0 Å². The Morgan fingerprint density at radius 2 is 2.25 bits per heavy atom. The van der Waals surface area contributed by atoms with E-state index in [1.54, 1.807) is 11.3 Å². The van der Waals surface area contributed by atoms with E-state index in [2.05, 4.69) is 41.4 Å². The van der Waals surface area contributed by atoms with Gasteiger partial charge in [0.2, 0.25) is 0 Å². The Morgan fingerprint density at radius 3 is 2.80 bits per heavy atom. The molecule has 2 unspecified atom stereocenters. The highest BCUT2D eigenvalue weighted by atomic mass is 127. The molecule has 1 saturated carbocycles. The summed E-state index contributed by atoms with van der Waals surface area (Å²) >= 11 is 1.80. The predicted octanol–water partition coefficient (Wildman–Crippen LogP) is 2.83. The number of thiazole rings is 1. The molecule has 1 heterocycles. The van der Waals surface area contributed by atoms with E-state index in [0.717, 1.165) is 37.8 Å². The Balaban J connectivity index is 0.00000200. The van der Waals surface area contributed by atoms with Gasteiger partial charge in [0.25, 0.3) is 0 Å². The molecule has 2 rings (SSSR count). The van der Waals surface area contributed by atoms with Crippen LogP contribution in [0.1, 0.15) is 37.1 Å². The molecule has 114 valence electrons. The number of hydrogen-bond acceptors (Lipinski definition) is 3. The van der Waals surface area contributed by atoms with Crippen LogP contribution in [0.15, 0.2) is 11.2 Å². The zero-order valence-electron chi connectivity index (χ0n) is 12.5. The van der Waals surface area contributed by atoms with Crippen LogP contribution in [0.25, 0.3) is 0 Å². The van der Waals surface area contributed by atoms with Crippen LogP contribution in [0.4, 0.5) is 0 Å². The highest BCUT2D eigenvalue weighted by Crippen LogP contribution is 2.28. The molecule has 2 atom stereocenters. The minimum Gasteiger partial charge on any atom is -0.357 e. The molecule has 1 fully saturated rings. The number of aliphatic imine (C=N–C) groups is 1. The quantitative estimate of drug-likeness (QED) is 0.433. The second-order valence-corrected chi connectivity index (χ2v) is 6.25. The lowest BCUT2D eigenvalue weighted by molar-refractivity contribution is 0.764. The first kappa shape index (κ1) is 17.7. The minimum atomic E-state index is 0. The van der Waals surface area contributed by atoms with Crippen LogP contribution in [-0.4, -0.2) is 30.1 Å². The maximum absolute atomic E-state index is 4.62. The Labute approximate surface area is 142 Å². The highest BCUT2D eigenvalue weighted by Gasteiger charge is 2.33. The molecule has 2 N–H and O–H groups in total. The average Bonchev–Trinajstić information content (AvgIpc) is 2.92. The van der Waals surface area contributed by atoms with Gasteiger partial charge in [0.15, 0.2) is 5.96 Å². The Morgan fingerprint density at radius 1 is 1.50 bits per heavy atom. The molecule has 0 radical (unpaired) electrons. The third-order valence-corrected chi connectivity index (χ3v) is 4.52. The van der Waals surface area contributed by atoms with Crippen LogP contribution >= 0.6 is 35.3 Å². The van der Waals surface area contributed by atoms with Crippen LogP contribution < -0.4 is 10.6 Å². The van der Waals surface area contributed by atoms with Crippen molar-refractivity contribution in [2.45, 2.75) is 46.1 Å². The average molecular weight is 408 g/mol. The number of rotatable bonds is 6. The molecule has 1 aromatic heterocycles. The third kappa shape index (κ3) is 5.55. The van der Waals surface area contributed by atoms with Gasteiger partial charge in [-0.05, 0) is 25.7 Å². The fourth-order valence-corrected chi connectivity index (χ4v) is 2.76. The van der Waals surface area contributed by atoms with Crippen molar-refractivity contribution in [3.05, 3.63) is 16.1 Å². The largest absolute Gasteiger partial charge is 0.357 e. The first-order chi connectivity index (χ1) is 9.22. The molecular formula is C14H25IN4S. The van der Waals surface area contributed by atoms with Gasteiger partial charge in [-0.3, -0.25) is 4.99 Å². The van der Waals surface area contributed by atoms with Gasteiger partial charge in [0.1, 0.15) is 0 Å². The fraction of sp³-hybridized carbons (Fsp3) is 0.714. The molecule has 1 aliphatic rings. The predicted molar refractivity (Wildman–Crippen MR) is 97.3 cm³/mol. The lowest BCUT2D eigenvalue weighted by atomic mass is 10.4. The van der Waals surface area contributed by atoms with Crippen molar-refractivity contribution in [1.82, 2.24) is 15.6 Å². The Hall–Kier alpha value is -0.370. The van der Waals surface area contributed by atoms with Crippen LogP contribution in [0.2, 0.25) is 0 Å². The minimum absolute atomic E-state index is 0. The standard InChI is InChI=1S/C14H24N4S.HI/c1-4-11-9-17-13(19-11)6-7-16-14(15-5-2)18-12-8-10(12)3;/h9-10,12H,4-8H2,1-3H3,(H2,15,16,18);1H. The number of halogens is 1. The van der Waals surface area contributed by atoms with E-state index in [1.165, 1.54) is 16.3 Å². The zero-order valence-corrected chi connectivity index (χ0v) is 15.6. The van der Waals surface area contributed by atoms with Gasteiger partial charge < -0.3 is 10.6 Å². The van der Waals surface area contributed by atoms with Gasteiger partial charge in [0, 0.05) is 36.6 Å². The molecule has 20 heavy (non-hydrogen) atoms. The van der Waals surface area contributed by atoms with Gasteiger partial charge >= 0.3 is 0 Å². The lowest BCUT2D eigenvalue weighted by Crippen LogP contribution is -2.39. The number of nitrogens with zero attached hydrogens (tertiary/aromatic N) is 2. The van der Waals surface area contributed by atoms with E-state index in [0.29, 0.717) is 6.04 Å². The molecule has 0 bridgehead atoms. The summed E-state index contributed by atoms with van der Waals surface area (Å²) in [4.78, 5) is 10.4. The highest BCUT2D eigenvalue weighted by molar-refractivity contribution is 14.0.